The normalized spacial score (nSPS) is 31.2. The maximum absolute atomic E-state index is 12.3. The van der Waals surface area contributed by atoms with Crippen LogP contribution in [0.1, 0.15) is 29.6 Å². The second kappa shape index (κ2) is 5.09. The number of rotatable bonds is 3. The third-order valence-corrected chi connectivity index (χ3v) is 4.95. The van der Waals surface area contributed by atoms with Crippen molar-refractivity contribution >= 4 is 23.5 Å². The number of amides is 1. The average molecular weight is 294 g/mol. The minimum atomic E-state index is -0.804. The summed E-state index contributed by atoms with van der Waals surface area (Å²) in [6, 6.07) is 6.55. The van der Waals surface area contributed by atoms with E-state index < -0.39 is 11.9 Å². The lowest BCUT2D eigenvalue weighted by Gasteiger charge is -2.29. The number of halogens is 1. The largest absolute Gasteiger partial charge is 0.481 e. The second-order valence-corrected chi connectivity index (χ2v) is 6.08. The summed E-state index contributed by atoms with van der Waals surface area (Å²) < 4.78 is 0. The van der Waals surface area contributed by atoms with E-state index in [4.69, 9.17) is 11.6 Å². The molecule has 0 aromatic heterocycles. The van der Waals surface area contributed by atoms with Crippen LogP contribution >= 0.6 is 11.6 Å². The molecule has 1 aromatic rings. The molecule has 4 atom stereocenters. The Morgan fingerprint density at radius 2 is 1.90 bits per heavy atom. The smallest absolute Gasteiger partial charge is 0.308 e. The molecule has 0 heterocycles. The van der Waals surface area contributed by atoms with Gasteiger partial charge in [-0.3, -0.25) is 9.59 Å². The monoisotopic (exact) mass is 293 g/mol. The molecule has 4 unspecified atom stereocenters. The zero-order valence-corrected chi connectivity index (χ0v) is 11.6. The van der Waals surface area contributed by atoms with Crippen molar-refractivity contribution in [1.82, 2.24) is 5.32 Å². The molecule has 0 saturated heterocycles. The molecule has 0 radical (unpaired) electrons. The summed E-state index contributed by atoms with van der Waals surface area (Å²) in [5, 5.41) is 12.6. The van der Waals surface area contributed by atoms with Crippen LogP contribution in [0, 0.1) is 17.8 Å². The molecule has 5 heteroatoms. The van der Waals surface area contributed by atoms with Crippen LogP contribution in [0.4, 0.5) is 0 Å². The summed E-state index contributed by atoms with van der Waals surface area (Å²) in [6.45, 7) is 0. The Balaban J connectivity index is 1.79. The Bertz CT molecular complexity index is 560. The van der Waals surface area contributed by atoms with Crippen molar-refractivity contribution < 1.29 is 14.7 Å². The van der Waals surface area contributed by atoms with Crippen LogP contribution in [0.2, 0.25) is 5.02 Å². The van der Waals surface area contributed by atoms with Gasteiger partial charge in [0.25, 0.3) is 5.91 Å². The first kappa shape index (κ1) is 13.4. The van der Waals surface area contributed by atoms with E-state index >= 15 is 0 Å². The van der Waals surface area contributed by atoms with Gasteiger partial charge in [-0.05, 0) is 43.2 Å². The van der Waals surface area contributed by atoms with E-state index in [0.717, 1.165) is 19.3 Å². The third-order valence-electron chi connectivity index (χ3n) is 4.62. The summed E-state index contributed by atoms with van der Waals surface area (Å²) in [4.78, 5) is 23.7. The fourth-order valence-electron chi connectivity index (χ4n) is 3.73. The highest BCUT2D eigenvalue weighted by Gasteiger charge is 2.51. The van der Waals surface area contributed by atoms with Crippen molar-refractivity contribution in [1.29, 1.82) is 0 Å². The fourth-order valence-corrected chi connectivity index (χ4v) is 3.95. The van der Waals surface area contributed by atoms with Crippen molar-refractivity contribution in [2.24, 2.45) is 17.8 Å². The lowest BCUT2D eigenvalue weighted by atomic mass is 9.84. The Morgan fingerprint density at radius 1 is 1.20 bits per heavy atom. The van der Waals surface area contributed by atoms with Gasteiger partial charge in [-0.2, -0.15) is 0 Å². The number of carboxylic acids is 1. The van der Waals surface area contributed by atoms with Crippen molar-refractivity contribution in [3.8, 4) is 0 Å². The van der Waals surface area contributed by atoms with E-state index in [0.29, 0.717) is 10.6 Å². The first-order chi connectivity index (χ1) is 9.58. The molecule has 1 aromatic carbocycles. The Morgan fingerprint density at radius 3 is 2.60 bits per heavy atom. The molecule has 4 nitrogen and oxygen atoms in total. The molecule has 0 aliphatic heterocycles. The lowest BCUT2D eigenvalue weighted by molar-refractivity contribution is -0.144. The second-order valence-electron chi connectivity index (χ2n) is 5.68. The molecule has 3 rings (SSSR count). The van der Waals surface area contributed by atoms with Crippen LogP contribution in [-0.4, -0.2) is 23.0 Å². The van der Waals surface area contributed by atoms with Gasteiger partial charge >= 0.3 is 5.97 Å². The number of hydrogen-bond donors (Lipinski definition) is 2. The van der Waals surface area contributed by atoms with Crippen LogP contribution in [0.3, 0.4) is 0 Å². The fraction of sp³-hybridized carbons (Fsp3) is 0.467. The SMILES string of the molecule is O=C(NC1C2CCC(C2)C1C(=O)O)c1ccccc1Cl. The molecular weight excluding hydrogens is 278 g/mol. The quantitative estimate of drug-likeness (QED) is 0.900. The molecule has 1 amide bonds. The van der Waals surface area contributed by atoms with Crippen molar-refractivity contribution in [3.05, 3.63) is 34.9 Å². The number of nitrogens with one attached hydrogen (secondary N) is 1. The number of benzene rings is 1. The third kappa shape index (κ3) is 2.18. The molecular formula is C15H16ClNO3. The van der Waals surface area contributed by atoms with Gasteiger partial charge in [-0.1, -0.05) is 23.7 Å². The summed E-state index contributed by atoms with van der Waals surface area (Å²) >= 11 is 6.01. The summed E-state index contributed by atoms with van der Waals surface area (Å²) in [5.74, 6) is -1.05. The van der Waals surface area contributed by atoms with E-state index in [1.165, 1.54) is 0 Å². The van der Waals surface area contributed by atoms with Crippen LogP contribution in [0.5, 0.6) is 0 Å². The minimum absolute atomic E-state index is 0.203. The number of aliphatic carboxylic acids is 1. The summed E-state index contributed by atoms with van der Waals surface area (Å²) in [7, 11) is 0. The van der Waals surface area contributed by atoms with Gasteiger partial charge in [0.15, 0.2) is 0 Å². The lowest BCUT2D eigenvalue weighted by Crippen LogP contribution is -2.46. The predicted molar refractivity (Wildman–Crippen MR) is 74.7 cm³/mol. The Hall–Kier alpha value is -1.55. The average Bonchev–Trinajstić information content (AvgIpc) is 2.99. The maximum atomic E-state index is 12.3. The molecule has 2 saturated carbocycles. The van der Waals surface area contributed by atoms with Crippen molar-refractivity contribution in [3.63, 3.8) is 0 Å². The van der Waals surface area contributed by atoms with Gasteiger partial charge in [-0.25, -0.2) is 0 Å². The number of carboxylic acid groups (broad SMARTS) is 1. The Labute approximate surface area is 122 Å². The molecule has 2 fully saturated rings. The van der Waals surface area contributed by atoms with E-state index in [-0.39, 0.29) is 23.8 Å². The van der Waals surface area contributed by atoms with Gasteiger partial charge in [0.2, 0.25) is 0 Å². The van der Waals surface area contributed by atoms with Crippen LogP contribution in [-0.2, 0) is 4.79 Å². The highest BCUT2D eigenvalue weighted by molar-refractivity contribution is 6.33. The molecule has 2 N–H and O–H groups in total. The van der Waals surface area contributed by atoms with Crippen LogP contribution < -0.4 is 5.32 Å². The van der Waals surface area contributed by atoms with Gasteiger partial charge in [-0.15, -0.1) is 0 Å². The van der Waals surface area contributed by atoms with Gasteiger partial charge in [0.1, 0.15) is 0 Å². The van der Waals surface area contributed by atoms with Gasteiger partial charge in [0, 0.05) is 6.04 Å². The first-order valence-electron chi connectivity index (χ1n) is 6.86. The number of carbonyl (C=O) groups is 2. The predicted octanol–water partition coefficient (Wildman–Crippen LogP) is 2.57. The molecule has 2 aliphatic rings. The molecule has 2 bridgehead atoms. The zero-order valence-electron chi connectivity index (χ0n) is 10.9. The van der Waals surface area contributed by atoms with Crippen LogP contribution in [0.15, 0.2) is 24.3 Å². The molecule has 20 heavy (non-hydrogen) atoms. The zero-order chi connectivity index (χ0) is 14.3. The first-order valence-corrected chi connectivity index (χ1v) is 7.24. The number of carbonyl (C=O) groups excluding carboxylic acids is 1. The minimum Gasteiger partial charge on any atom is -0.481 e. The molecule has 0 spiro atoms. The highest BCUT2D eigenvalue weighted by Crippen LogP contribution is 2.48. The molecule has 2 aliphatic carbocycles. The van der Waals surface area contributed by atoms with Gasteiger partial charge < -0.3 is 10.4 Å². The standard InChI is InChI=1S/C15H16ClNO3/c16-11-4-2-1-3-10(11)14(18)17-13-9-6-5-8(7-9)12(13)15(19)20/h1-4,8-9,12-13H,5-7H2,(H,17,18)(H,19,20). The van der Waals surface area contributed by atoms with Crippen molar-refractivity contribution in [2.45, 2.75) is 25.3 Å². The summed E-state index contributed by atoms with van der Waals surface area (Å²) in [6.07, 6.45) is 2.87. The van der Waals surface area contributed by atoms with E-state index in [1.54, 1.807) is 24.3 Å². The van der Waals surface area contributed by atoms with E-state index in [2.05, 4.69) is 5.32 Å². The number of fused-ring (bicyclic) bond motifs is 2. The topological polar surface area (TPSA) is 66.4 Å². The van der Waals surface area contributed by atoms with Crippen molar-refractivity contribution in [2.75, 3.05) is 0 Å². The molecule has 106 valence electrons. The van der Waals surface area contributed by atoms with E-state index in [9.17, 15) is 14.7 Å². The Kier molecular flexibility index (Phi) is 3.42. The van der Waals surface area contributed by atoms with Gasteiger partial charge in [0.05, 0.1) is 16.5 Å². The highest BCUT2D eigenvalue weighted by atomic mass is 35.5. The number of hydrogen-bond acceptors (Lipinski definition) is 2. The van der Waals surface area contributed by atoms with E-state index in [1.807, 2.05) is 0 Å². The summed E-state index contributed by atoms with van der Waals surface area (Å²) in [5.41, 5.74) is 0.404. The van der Waals surface area contributed by atoms with Crippen LogP contribution in [0.25, 0.3) is 0 Å². The maximum Gasteiger partial charge on any atom is 0.308 e.